The summed E-state index contributed by atoms with van der Waals surface area (Å²) in [5.41, 5.74) is 0.245. The van der Waals surface area contributed by atoms with Crippen LogP contribution in [0.3, 0.4) is 0 Å². The lowest BCUT2D eigenvalue weighted by molar-refractivity contribution is 0.213. The summed E-state index contributed by atoms with van der Waals surface area (Å²) in [6.45, 7) is 0. The van der Waals surface area contributed by atoms with Crippen LogP contribution in [0, 0.1) is 0 Å². The predicted molar refractivity (Wildman–Crippen MR) is 41.0 cm³/mol. The van der Waals surface area contributed by atoms with Crippen molar-refractivity contribution in [1.29, 1.82) is 0 Å². The Balaban J connectivity index is 2.40. The van der Waals surface area contributed by atoms with Crippen molar-refractivity contribution in [2.45, 2.75) is 0 Å². The van der Waals surface area contributed by atoms with Crippen LogP contribution in [0.25, 0.3) is 0 Å². The summed E-state index contributed by atoms with van der Waals surface area (Å²) in [6, 6.07) is 0. The van der Waals surface area contributed by atoms with Gasteiger partial charge >= 0.3 is 0 Å². The van der Waals surface area contributed by atoms with E-state index in [1.807, 2.05) is 0 Å². The molecule has 0 spiro atoms. The number of hydrogen-bond acceptors (Lipinski definition) is 8. The lowest BCUT2D eigenvalue weighted by Crippen LogP contribution is -2.09. The van der Waals surface area contributed by atoms with E-state index in [0.29, 0.717) is 0 Å². The highest BCUT2D eigenvalue weighted by Gasteiger charge is 2.16. The van der Waals surface area contributed by atoms with Gasteiger partial charge in [-0.2, -0.15) is 10.4 Å². The molecule has 0 amide bonds. The molecule has 0 saturated heterocycles. The first-order valence-corrected chi connectivity index (χ1v) is 3.50. The van der Waals surface area contributed by atoms with Crippen molar-refractivity contribution >= 4 is 5.71 Å². The third-order valence-electron chi connectivity index (χ3n) is 1.30. The zero-order valence-electron chi connectivity index (χ0n) is 7.04. The average Bonchev–Trinajstić information content (AvgIpc) is 2.87. The molecule has 0 saturated carbocycles. The van der Waals surface area contributed by atoms with Crippen molar-refractivity contribution in [2.75, 3.05) is 7.11 Å². The first-order chi connectivity index (χ1) is 6.92. The highest BCUT2D eigenvalue weighted by atomic mass is 16.6. The van der Waals surface area contributed by atoms with E-state index in [9.17, 15) is 0 Å². The fraction of sp³-hybridized carbons (Fsp3) is 0.250. The molecule has 0 aliphatic carbocycles. The Hall–Kier alpha value is -2.39. The van der Waals surface area contributed by atoms with Crippen LogP contribution in [0.4, 0.5) is 0 Å². The molecule has 0 atom stereocenters. The molecule has 0 aromatic carbocycles. The van der Waals surface area contributed by atoms with Gasteiger partial charge in [-0.25, -0.2) is 0 Å². The van der Waals surface area contributed by atoms with Gasteiger partial charge < -0.3 is 4.84 Å². The highest BCUT2D eigenvalue weighted by Crippen LogP contribution is 1.97. The molecule has 14 heavy (non-hydrogen) atoms. The number of rotatable bonds is 3. The van der Waals surface area contributed by atoms with Gasteiger partial charge in [-0.05, 0) is 10.4 Å². The molecule has 0 fully saturated rings. The Labute approximate surface area is 76.7 Å². The molecular formula is C4H5N9O. The first kappa shape index (κ1) is 8.22. The van der Waals surface area contributed by atoms with Gasteiger partial charge in [0, 0.05) is 0 Å². The molecule has 0 aliphatic rings. The molecule has 2 N–H and O–H groups in total. The van der Waals surface area contributed by atoms with Gasteiger partial charge in [0.25, 0.3) is 0 Å². The Morgan fingerprint density at radius 3 is 2.07 bits per heavy atom. The minimum absolute atomic E-state index is 0.230. The van der Waals surface area contributed by atoms with Crippen LogP contribution in [0.15, 0.2) is 5.16 Å². The molecule has 2 rings (SSSR count). The number of oxime groups is 1. The lowest BCUT2D eigenvalue weighted by Gasteiger charge is -1.92. The van der Waals surface area contributed by atoms with E-state index in [0.717, 1.165) is 0 Å². The molecule has 10 heteroatoms. The van der Waals surface area contributed by atoms with Gasteiger partial charge in [0.05, 0.1) is 0 Å². The summed E-state index contributed by atoms with van der Waals surface area (Å²) in [5, 5.41) is 29.8. The molecule has 0 bridgehead atoms. The molecule has 72 valence electrons. The van der Waals surface area contributed by atoms with E-state index in [4.69, 9.17) is 0 Å². The van der Waals surface area contributed by atoms with Gasteiger partial charge in [0.2, 0.25) is 11.6 Å². The second-order valence-electron chi connectivity index (χ2n) is 2.09. The van der Waals surface area contributed by atoms with Crippen molar-refractivity contribution in [3.63, 3.8) is 0 Å². The second kappa shape index (κ2) is 3.55. The van der Waals surface area contributed by atoms with E-state index in [-0.39, 0.29) is 17.4 Å². The number of aromatic amines is 2. The number of nitrogens with zero attached hydrogens (tertiary/aromatic N) is 7. The van der Waals surface area contributed by atoms with Gasteiger partial charge in [-0.1, -0.05) is 5.16 Å². The number of nitrogens with one attached hydrogen (secondary N) is 2. The van der Waals surface area contributed by atoms with Crippen LogP contribution in [0.1, 0.15) is 11.6 Å². The summed E-state index contributed by atoms with van der Waals surface area (Å²) < 4.78 is 0. The van der Waals surface area contributed by atoms with Crippen LogP contribution >= 0.6 is 0 Å². The summed E-state index contributed by atoms with van der Waals surface area (Å²) in [6.07, 6.45) is 0. The molecule has 0 radical (unpaired) electrons. The third-order valence-corrected chi connectivity index (χ3v) is 1.30. The highest BCUT2D eigenvalue weighted by molar-refractivity contribution is 6.07. The van der Waals surface area contributed by atoms with E-state index < -0.39 is 0 Å². The van der Waals surface area contributed by atoms with Gasteiger partial charge in [0.15, 0.2) is 5.71 Å². The van der Waals surface area contributed by atoms with E-state index in [1.54, 1.807) is 0 Å². The summed E-state index contributed by atoms with van der Waals surface area (Å²) in [5.74, 6) is 0.460. The number of aromatic nitrogens is 8. The van der Waals surface area contributed by atoms with Gasteiger partial charge in [-0.3, -0.25) is 0 Å². The van der Waals surface area contributed by atoms with Crippen molar-refractivity contribution in [2.24, 2.45) is 5.16 Å². The van der Waals surface area contributed by atoms with Crippen molar-refractivity contribution in [1.82, 2.24) is 41.2 Å². The minimum atomic E-state index is 0.230. The monoisotopic (exact) mass is 195 g/mol. The van der Waals surface area contributed by atoms with Crippen molar-refractivity contribution < 1.29 is 4.84 Å². The summed E-state index contributed by atoms with van der Waals surface area (Å²) in [7, 11) is 1.39. The fourth-order valence-corrected chi connectivity index (χ4v) is 0.797. The molecule has 2 heterocycles. The normalized spacial score (nSPS) is 9.79. The van der Waals surface area contributed by atoms with Crippen LogP contribution in [0.2, 0.25) is 0 Å². The van der Waals surface area contributed by atoms with Crippen LogP contribution in [0.5, 0.6) is 0 Å². The minimum Gasteiger partial charge on any atom is -0.398 e. The zero-order valence-corrected chi connectivity index (χ0v) is 7.04. The molecule has 2 aromatic rings. The molecule has 2 aromatic heterocycles. The third kappa shape index (κ3) is 1.39. The number of hydrogen-bond donors (Lipinski definition) is 2. The Bertz CT molecular complexity index is 366. The number of H-pyrrole nitrogens is 2. The SMILES string of the molecule is CON=C(c1nn[nH]n1)c1nn[nH]n1. The van der Waals surface area contributed by atoms with Crippen LogP contribution in [-0.2, 0) is 4.84 Å². The Morgan fingerprint density at radius 2 is 1.71 bits per heavy atom. The topological polar surface area (TPSA) is 131 Å². The zero-order chi connectivity index (χ0) is 9.80. The van der Waals surface area contributed by atoms with Crippen LogP contribution in [-0.4, -0.2) is 54.1 Å². The maximum absolute atomic E-state index is 4.60. The van der Waals surface area contributed by atoms with Crippen molar-refractivity contribution in [3.8, 4) is 0 Å². The smallest absolute Gasteiger partial charge is 0.230 e. The predicted octanol–water partition coefficient (Wildman–Crippen LogP) is -1.89. The maximum Gasteiger partial charge on any atom is 0.230 e. The van der Waals surface area contributed by atoms with E-state index >= 15 is 0 Å². The Kier molecular flexibility index (Phi) is 2.09. The average molecular weight is 195 g/mol. The van der Waals surface area contributed by atoms with E-state index in [1.165, 1.54) is 7.11 Å². The van der Waals surface area contributed by atoms with E-state index in [2.05, 4.69) is 51.2 Å². The Morgan fingerprint density at radius 1 is 1.14 bits per heavy atom. The lowest BCUT2D eigenvalue weighted by atomic mass is 10.3. The molecule has 0 aliphatic heterocycles. The first-order valence-electron chi connectivity index (χ1n) is 3.50. The summed E-state index contributed by atoms with van der Waals surface area (Å²) >= 11 is 0. The maximum atomic E-state index is 4.60. The second-order valence-corrected chi connectivity index (χ2v) is 2.09. The fourth-order valence-electron chi connectivity index (χ4n) is 0.797. The molecule has 10 nitrogen and oxygen atoms in total. The standard InChI is InChI=1S/C4H5N9O/c1-14-9-2(3-5-10-11-6-3)4-7-12-13-8-4/h1H3,(H,5,6,10,11)(H,7,8,12,13). The molecular weight excluding hydrogens is 190 g/mol. The number of tetrazole rings is 2. The largest absolute Gasteiger partial charge is 0.398 e. The van der Waals surface area contributed by atoms with Gasteiger partial charge in [0.1, 0.15) is 7.11 Å². The van der Waals surface area contributed by atoms with Crippen LogP contribution < -0.4 is 0 Å². The quantitative estimate of drug-likeness (QED) is 0.432. The van der Waals surface area contributed by atoms with Crippen molar-refractivity contribution in [3.05, 3.63) is 11.6 Å². The summed E-state index contributed by atoms with van der Waals surface area (Å²) in [4.78, 5) is 4.60. The molecule has 0 unspecified atom stereocenters. The van der Waals surface area contributed by atoms with Gasteiger partial charge in [-0.15, -0.1) is 20.4 Å².